The minimum absolute atomic E-state index is 0.134. The average Bonchev–Trinajstić information content (AvgIpc) is 2.18. The van der Waals surface area contributed by atoms with Gasteiger partial charge in [-0.25, -0.2) is 9.97 Å². The fourth-order valence-corrected chi connectivity index (χ4v) is 1.61. The SMILES string of the molecule is C=Cc1cc(C(C)(C)CCC)ncn1. The van der Waals surface area contributed by atoms with Crippen molar-refractivity contribution in [2.75, 3.05) is 0 Å². The molecule has 0 N–H and O–H groups in total. The fourth-order valence-electron chi connectivity index (χ4n) is 1.61. The summed E-state index contributed by atoms with van der Waals surface area (Å²) in [5.41, 5.74) is 2.14. The fraction of sp³-hybridized carbons (Fsp3) is 0.500. The van der Waals surface area contributed by atoms with Crippen LogP contribution in [-0.4, -0.2) is 9.97 Å². The molecule has 0 aromatic carbocycles. The zero-order valence-electron chi connectivity index (χ0n) is 9.25. The first-order chi connectivity index (χ1) is 6.60. The predicted octanol–water partition coefficient (Wildman–Crippen LogP) is 3.20. The van der Waals surface area contributed by atoms with Gasteiger partial charge >= 0.3 is 0 Å². The van der Waals surface area contributed by atoms with E-state index in [9.17, 15) is 0 Å². The molecule has 0 spiro atoms. The molecule has 2 heteroatoms. The molecule has 0 amide bonds. The highest BCUT2D eigenvalue weighted by Crippen LogP contribution is 2.26. The molecule has 0 aliphatic rings. The lowest BCUT2D eigenvalue weighted by Gasteiger charge is -2.23. The van der Waals surface area contributed by atoms with Crippen LogP contribution in [0.1, 0.15) is 45.0 Å². The molecule has 0 atom stereocenters. The molecule has 0 aliphatic heterocycles. The van der Waals surface area contributed by atoms with Crippen LogP contribution in [0.2, 0.25) is 0 Å². The Hall–Kier alpha value is -1.18. The molecular weight excluding hydrogens is 172 g/mol. The van der Waals surface area contributed by atoms with E-state index in [0.29, 0.717) is 0 Å². The van der Waals surface area contributed by atoms with Gasteiger partial charge in [-0.15, -0.1) is 0 Å². The summed E-state index contributed by atoms with van der Waals surface area (Å²) in [4.78, 5) is 8.42. The lowest BCUT2D eigenvalue weighted by Crippen LogP contribution is -2.18. The number of rotatable bonds is 4. The summed E-state index contributed by atoms with van der Waals surface area (Å²) in [6.07, 6.45) is 5.68. The van der Waals surface area contributed by atoms with Crippen LogP contribution in [0.5, 0.6) is 0 Å². The maximum Gasteiger partial charge on any atom is 0.116 e. The Morgan fingerprint density at radius 3 is 2.71 bits per heavy atom. The maximum atomic E-state index is 4.32. The van der Waals surface area contributed by atoms with Crippen molar-refractivity contribution >= 4 is 6.08 Å². The molecule has 2 nitrogen and oxygen atoms in total. The Bertz CT molecular complexity index is 316. The van der Waals surface area contributed by atoms with Crippen molar-refractivity contribution in [2.45, 2.75) is 39.0 Å². The Balaban J connectivity index is 2.99. The minimum atomic E-state index is 0.134. The maximum absolute atomic E-state index is 4.32. The Kier molecular flexibility index (Phi) is 3.39. The highest BCUT2D eigenvalue weighted by Gasteiger charge is 2.20. The average molecular weight is 190 g/mol. The summed E-state index contributed by atoms with van der Waals surface area (Å²) in [6, 6.07) is 2.02. The predicted molar refractivity (Wildman–Crippen MR) is 60.1 cm³/mol. The van der Waals surface area contributed by atoms with E-state index in [-0.39, 0.29) is 5.41 Å². The van der Waals surface area contributed by atoms with Crippen LogP contribution in [0.15, 0.2) is 19.0 Å². The Labute approximate surface area is 86.1 Å². The van der Waals surface area contributed by atoms with Gasteiger partial charge in [0.25, 0.3) is 0 Å². The van der Waals surface area contributed by atoms with Crippen molar-refractivity contribution in [3.05, 3.63) is 30.4 Å². The summed E-state index contributed by atoms with van der Waals surface area (Å²) in [5.74, 6) is 0. The number of nitrogens with zero attached hydrogens (tertiary/aromatic N) is 2. The smallest absolute Gasteiger partial charge is 0.116 e. The molecule has 1 aromatic heterocycles. The van der Waals surface area contributed by atoms with Crippen LogP contribution in [0.25, 0.3) is 6.08 Å². The van der Waals surface area contributed by atoms with Crippen LogP contribution >= 0.6 is 0 Å². The van der Waals surface area contributed by atoms with Gasteiger partial charge in [-0.1, -0.05) is 33.8 Å². The van der Waals surface area contributed by atoms with Crippen molar-refractivity contribution in [3.63, 3.8) is 0 Å². The van der Waals surface area contributed by atoms with Gasteiger partial charge in [-0.3, -0.25) is 0 Å². The molecular formula is C12H18N2. The number of aromatic nitrogens is 2. The molecule has 0 radical (unpaired) electrons. The van der Waals surface area contributed by atoms with Crippen LogP contribution in [-0.2, 0) is 5.41 Å². The van der Waals surface area contributed by atoms with Crippen LogP contribution in [0, 0.1) is 0 Å². The third-order valence-electron chi connectivity index (χ3n) is 2.47. The quantitative estimate of drug-likeness (QED) is 0.728. The van der Waals surface area contributed by atoms with Crippen molar-refractivity contribution in [3.8, 4) is 0 Å². The molecule has 0 fully saturated rings. The monoisotopic (exact) mass is 190 g/mol. The first kappa shape index (κ1) is 10.9. The summed E-state index contributed by atoms with van der Waals surface area (Å²) < 4.78 is 0. The zero-order chi connectivity index (χ0) is 10.6. The summed E-state index contributed by atoms with van der Waals surface area (Å²) in [5, 5.41) is 0. The van der Waals surface area contributed by atoms with Gasteiger partial charge in [-0.2, -0.15) is 0 Å². The molecule has 0 unspecified atom stereocenters. The highest BCUT2D eigenvalue weighted by atomic mass is 14.8. The van der Waals surface area contributed by atoms with Crippen molar-refractivity contribution < 1.29 is 0 Å². The van der Waals surface area contributed by atoms with Gasteiger partial charge in [0.05, 0.1) is 5.69 Å². The van der Waals surface area contributed by atoms with Crippen LogP contribution in [0.4, 0.5) is 0 Å². The van der Waals surface area contributed by atoms with Gasteiger partial charge in [-0.05, 0) is 18.6 Å². The van der Waals surface area contributed by atoms with E-state index in [4.69, 9.17) is 0 Å². The first-order valence-corrected chi connectivity index (χ1v) is 5.05. The van der Waals surface area contributed by atoms with Gasteiger partial charge in [0.15, 0.2) is 0 Å². The second kappa shape index (κ2) is 4.36. The molecule has 1 rings (SSSR count). The summed E-state index contributed by atoms with van der Waals surface area (Å²) in [7, 11) is 0. The van der Waals surface area contributed by atoms with Crippen molar-refractivity contribution in [1.82, 2.24) is 9.97 Å². The summed E-state index contributed by atoms with van der Waals surface area (Å²) in [6.45, 7) is 10.3. The minimum Gasteiger partial charge on any atom is -0.241 e. The van der Waals surface area contributed by atoms with E-state index in [2.05, 4.69) is 37.3 Å². The van der Waals surface area contributed by atoms with E-state index in [0.717, 1.165) is 17.8 Å². The van der Waals surface area contributed by atoms with E-state index in [1.165, 1.54) is 6.42 Å². The topological polar surface area (TPSA) is 25.8 Å². The molecule has 0 bridgehead atoms. The van der Waals surface area contributed by atoms with E-state index < -0.39 is 0 Å². The molecule has 1 aromatic rings. The van der Waals surface area contributed by atoms with Gasteiger partial charge in [0, 0.05) is 11.1 Å². The molecule has 76 valence electrons. The Morgan fingerprint density at radius 1 is 1.43 bits per heavy atom. The number of hydrogen-bond acceptors (Lipinski definition) is 2. The van der Waals surface area contributed by atoms with Crippen LogP contribution < -0.4 is 0 Å². The lowest BCUT2D eigenvalue weighted by atomic mass is 9.84. The largest absolute Gasteiger partial charge is 0.241 e. The summed E-state index contributed by atoms with van der Waals surface area (Å²) >= 11 is 0. The molecule has 1 heterocycles. The van der Waals surface area contributed by atoms with Gasteiger partial charge in [0.1, 0.15) is 6.33 Å². The molecule has 0 aliphatic carbocycles. The molecule has 0 saturated heterocycles. The van der Waals surface area contributed by atoms with Crippen LogP contribution in [0.3, 0.4) is 0 Å². The standard InChI is InChI=1S/C12H18N2/c1-5-7-12(3,4)11-8-10(6-2)13-9-14-11/h6,8-9H,2,5,7H2,1,3-4H3. The third-order valence-corrected chi connectivity index (χ3v) is 2.47. The van der Waals surface area contributed by atoms with Gasteiger partial charge < -0.3 is 0 Å². The molecule has 14 heavy (non-hydrogen) atoms. The molecule has 0 saturated carbocycles. The van der Waals surface area contributed by atoms with Gasteiger partial charge in [0.2, 0.25) is 0 Å². The second-order valence-electron chi connectivity index (χ2n) is 4.17. The van der Waals surface area contributed by atoms with Crippen molar-refractivity contribution in [1.29, 1.82) is 0 Å². The normalized spacial score (nSPS) is 11.4. The second-order valence-corrected chi connectivity index (χ2v) is 4.17. The zero-order valence-corrected chi connectivity index (χ0v) is 9.25. The lowest BCUT2D eigenvalue weighted by molar-refractivity contribution is 0.458. The van der Waals surface area contributed by atoms with E-state index in [1.54, 1.807) is 12.4 Å². The van der Waals surface area contributed by atoms with Crippen molar-refractivity contribution in [2.24, 2.45) is 0 Å². The third kappa shape index (κ3) is 2.41. The number of hydrogen-bond donors (Lipinski definition) is 0. The van der Waals surface area contributed by atoms with E-state index in [1.807, 2.05) is 6.07 Å². The first-order valence-electron chi connectivity index (χ1n) is 5.05. The highest BCUT2D eigenvalue weighted by molar-refractivity contribution is 5.42. The Morgan fingerprint density at radius 2 is 2.14 bits per heavy atom. The van der Waals surface area contributed by atoms with E-state index >= 15 is 0 Å².